The van der Waals surface area contributed by atoms with Crippen LogP contribution in [0.3, 0.4) is 0 Å². The summed E-state index contributed by atoms with van der Waals surface area (Å²) in [6, 6.07) is 9.43. The Balaban J connectivity index is 2.02. The molecule has 0 radical (unpaired) electrons. The molecule has 2 amide bonds. The van der Waals surface area contributed by atoms with E-state index in [0.717, 1.165) is 5.69 Å². The van der Waals surface area contributed by atoms with E-state index < -0.39 is 0 Å². The molecule has 21 heavy (non-hydrogen) atoms. The Morgan fingerprint density at radius 2 is 2.00 bits per heavy atom. The zero-order chi connectivity index (χ0) is 14.7. The lowest BCUT2D eigenvalue weighted by atomic mass is 10.3. The lowest BCUT2D eigenvalue weighted by Crippen LogP contribution is -2.28. The zero-order valence-electron chi connectivity index (χ0n) is 11.4. The number of aromatic nitrogens is 4. The maximum Gasteiger partial charge on any atom is 0.320 e. The number of carbonyl (C=O) groups is 1. The highest BCUT2D eigenvalue weighted by atomic mass is 16.2. The van der Waals surface area contributed by atoms with Crippen LogP contribution in [0, 0.1) is 0 Å². The fourth-order valence-electron chi connectivity index (χ4n) is 2.02. The number of para-hydroxylation sites is 1. The molecular formula is C14H14N6O. The zero-order valence-corrected chi connectivity index (χ0v) is 11.4. The molecule has 0 unspecified atom stereocenters. The first kappa shape index (κ1) is 13.0. The van der Waals surface area contributed by atoms with Crippen molar-refractivity contribution in [3.05, 3.63) is 43.0 Å². The van der Waals surface area contributed by atoms with Crippen LogP contribution in [0.4, 0.5) is 10.6 Å². The molecule has 2 N–H and O–H groups in total. The first-order valence-corrected chi connectivity index (χ1v) is 6.58. The van der Waals surface area contributed by atoms with E-state index in [1.54, 1.807) is 6.33 Å². The maximum absolute atomic E-state index is 11.6. The van der Waals surface area contributed by atoms with Gasteiger partial charge in [-0.25, -0.2) is 19.7 Å². The molecule has 0 aliphatic heterocycles. The van der Waals surface area contributed by atoms with Gasteiger partial charge in [0.15, 0.2) is 17.0 Å². The van der Waals surface area contributed by atoms with E-state index >= 15 is 0 Å². The number of urea groups is 1. The van der Waals surface area contributed by atoms with E-state index in [-0.39, 0.29) is 6.03 Å². The largest absolute Gasteiger partial charge is 0.338 e. The number of fused-ring (bicyclic) bond motifs is 1. The minimum absolute atomic E-state index is 0.313. The minimum Gasteiger partial charge on any atom is -0.338 e. The summed E-state index contributed by atoms with van der Waals surface area (Å²) in [4.78, 5) is 24.2. The first-order valence-electron chi connectivity index (χ1n) is 6.58. The number of nitrogens with zero attached hydrogens (tertiary/aromatic N) is 4. The predicted octanol–water partition coefficient (Wildman–Crippen LogP) is 1.96. The molecule has 1 aromatic carbocycles. The highest BCUT2D eigenvalue weighted by Gasteiger charge is 2.12. The van der Waals surface area contributed by atoms with Crippen LogP contribution in [0.1, 0.15) is 6.92 Å². The normalized spacial score (nSPS) is 10.5. The molecule has 2 heterocycles. The summed E-state index contributed by atoms with van der Waals surface area (Å²) < 4.78 is 1.85. The third-order valence-corrected chi connectivity index (χ3v) is 2.94. The molecule has 0 fully saturated rings. The molecule has 0 aliphatic rings. The molecule has 0 spiro atoms. The van der Waals surface area contributed by atoms with Gasteiger partial charge in [-0.3, -0.25) is 9.88 Å². The standard InChI is InChI=1S/C14H14N6O/c1-2-15-14(21)19-12-11-13(17-8-16-12)20(9-18-11)10-6-4-3-5-7-10/h3-9H,2H2,1H3,(H2,15,16,17,19,21). The van der Waals surface area contributed by atoms with Crippen molar-refractivity contribution in [2.75, 3.05) is 11.9 Å². The van der Waals surface area contributed by atoms with Crippen LogP contribution in [0.25, 0.3) is 16.9 Å². The second kappa shape index (κ2) is 5.58. The summed E-state index contributed by atoms with van der Waals surface area (Å²) in [6.07, 6.45) is 3.07. The van der Waals surface area contributed by atoms with Gasteiger partial charge >= 0.3 is 6.03 Å². The Morgan fingerprint density at radius 1 is 1.19 bits per heavy atom. The maximum atomic E-state index is 11.6. The van der Waals surface area contributed by atoms with Crippen molar-refractivity contribution in [1.29, 1.82) is 0 Å². The van der Waals surface area contributed by atoms with Gasteiger partial charge < -0.3 is 5.32 Å². The molecule has 0 bridgehead atoms. The van der Waals surface area contributed by atoms with Crippen LogP contribution >= 0.6 is 0 Å². The summed E-state index contributed by atoms with van der Waals surface area (Å²) in [5.41, 5.74) is 2.14. The number of hydrogen-bond acceptors (Lipinski definition) is 4. The molecule has 2 aromatic heterocycles. The smallest absolute Gasteiger partial charge is 0.320 e. The molecule has 0 saturated carbocycles. The van der Waals surface area contributed by atoms with Gasteiger partial charge in [0.25, 0.3) is 0 Å². The summed E-state index contributed by atoms with van der Waals surface area (Å²) in [7, 11) is 0. The van der Waals surface area contributed by atoms with Gasteiger partial charge in [-0.05, 0) is 19.1 Å². The molecule has 7 heteroatoms. The number of carbonyl (C=O) groups excluding carboxylic acids is 1. The summed E-state index contributed by atoms with van der Waals surface area (Å²) in [6.45, 7) is 2.39. The average Bonchev–Trinajstić information content (AvgIpc) is 2.93. The Hall–Kier alpha value is -2.96. The van der Waals surface area contributed by atoms with Crippen molar-refractivity contribution >= 4 is 23.0 Å². The number of imidazole rings is 1. The van der Waals surface area contributed by atoms with Crippen molar-refractivity contribution in [3.63, 3.8) is 0 Å². The van der Waals surface area contributed by atoms with Crippen molar-refractivity contribution in [1.82, 2.24) is 24.8 Å². The highest BCUT2D eigenvalue weighted by Crippen LogP contribution is 2.20. The van der Waals surface area contributed by atoms with Crippen molar-refractivity contribution in [2.24, 2.45) is 0 Å². The van der Waals surface area contributed by atoms with Gasteiger partial charge in [-0.2, -0.15) is 0 Å². The summed E-state index contributed by atoms with van der Waals surface area (Å²) in [5.74, 6) is 0.389. The quantitative estimate of drug-likeness (QED) is 0.769. The Morgan fingerprint density at radius 3 is 2.76 bits per heavy atom. The first-order chi connectivity index (χ1) is 10.3. The summed E-state index contributed by atoms with van der Waals surface area (Å²) in [5, 5.41) is 5.33. The van der Waals surface area contributed by atoms with Gasteiger partial charge in [-0.1, -0.05) is 18.2 Å². The molecular weight excluding hydrogens is 268 g/mol. The lowest BCUT2D eigenvalue weighted by Gasteiger charge is -2.06. The van der Waals surface area contributed by atoms with Crippen LogP contribution in [-0.4, -0.2) is 32.1 Å². The lowest BCUT2D eigenvalue weighted by molar-refractivity contribution is 0.252. The Labute approximate surface area is 121 Å². The third kappa shape index (κ3) is 2.53. The number of amides is 2. The van der Waals surface area contributed by atoms with Crippen LogP contribution in [0.15, 0.2) is 43.0 Å². The number of anilines is 1. The van der Waals surface area contributed by atoms with Gasteiger partial charge in [0.05, 0.1) is 0 Å². The van der Waals surface area contributed by atoms with Crippen molar-refractivity contribution < 1.29 is 4.79 Å². The van der Waals surface area contributed by atoms with Crippen LogP contribution in [0.2, 0.25) is 0 Å². The van der Waals surface area contributed by atoms with Crippen LogP contribution in [0.5, 0.6) is 0 Å². The molecule has 7 nitrogen and oxygen atoms in total. The fraction of sp³-hybridized carbons (Fsp3) is 0.143. The molecule has 3 rings (SSSR count). The molecule has 3 aromatic rings. The summed E-state index contributed by atoms with van der Waals surface area (Å²) >= 11 is 0. The minimum atomic E-state index is -0.313. The van der Waals surface area contributed by atoms with Crippen LogP contribution < -0.4 is 10.6 Å². The molecule has 0 saturated heterocycles. The van der Waals surface area contributed by atoms with Crippen molar-refractivity contribution in [3.8, 4) is 5.69 Å². The van der Waals surface area contributed by atoms with E-state index in [4.69, 9.17) is 0 Å². The van der Waals surface area contributed by atoms with E-state index in [2.05, 4.69) is 25.6 Å². The number of nitrogens with one attached hydrogen (secondary N) is 2. The second-order valence-corrected chi connectivity index (χ2v) is 4.33. The second-order valence-electron chi connectivity index (χ2n) is 4.33. The predicted molar refractivity (Wildman–Crippen MR) is 79.4 cm³/mol. The third-order valence-electron chi connectivity index (χ3n) is 2.94. The van der Waals surface area contributed by atoms with Gasteiger partial charge in [0.2, 0.25) is 0 Å². The van der Waals surface area contributed by atoms with Crippen LogP contribution in [-0.2, 0) is 0 Å². The van der Waals surface area contributed by atoms with E-state index in [1.807, 2.05) is 41.8 Å². The topological polar surface area (TPSA) is 84.7 Å². The van der Waals surface area contributed by atoms with E-state index in [9.17, 15) is 4.79 Å². The molecule has 0 aliphatic carbocycles. The van der Waals surface area contributed by atoms with E-state index in [0.29, 0.717) is 23.5 Å². The highest BCUT2D eigenvalue weighted by molar-refractivity contribution is 5.96. The molecule has 106 valence electrons. The Kier molecular flexibility index (Phi) is 3.46. The number of benzene rings is 1. The van der Waals surface area contributed by atoms with E-state index in [1.165, 1.54) is 6.33 Å². The average molecular weight is 282 g/mol. The van der Waals surface area contributed by atoms with Gasteiger partial charge in [0.1, 0.15) is 12.7 Å². The molecule has 0 atom stereocenters. The van der Waals surface area contributed by atoms with Gasteiger partial charge in [0, 0.05) is 12.2 Å². The fourth-order valence-corrected chi connectivity index (χ4v) is 2.02. The monoisotopic (exact) mass is 282 g/mol. The number of hydrogen-bond donors (Lipinski definition) is 2. The number of rotatable bonds is 3. The SMILES string of the molecule is CCNC(=O)Nc1ncnc2c1ncn2-c1ccccc1. The van der Waals surface area contributed by atoms with Gasteiger partial charge in [-0.15, -0.1) is 0 Å². The van der Waals surface area contributed by atoms with Crippen molar-refractivity contribution in [2.45, 2.75) is 6.92 Å². The Bertz CT molecular complexity index is 767.